The van der Waals surface area contributed by atoms with Crippen LogP contribution >= 0.6 is 11.3 Å². The zero-order chi connectivity index (χ0) is 25.6. The lowest BCUT2D eigenvalue weighted by molar-refractivity contribution is 0.122. The third kappa shape index (κ3) is 4.72. The Kier molecular flexibility index (Phi) is 6.61. The van der Waals surface area contributed by atoms with Crippen LogP contribution in [-0.4, -0.2) is 95.5 Å². The summed E-state index contributed by atoms with van der Waals surface area (Å²) in [6.07, 6.45) is 1.82. The number of thiophene rings is 1. The molecule has 1 aromatic carbocycles. The third-order valence-corrected chi connectivity index (χ3v) is 10.5. The molecule has 5 heterocycles. The molecule has 196 valence electrons. The largest absolute Gasteiger partial charge is 0.378 e. The molecule has 0 radical (unpaired) electrons. The molecule has 1 N–H and O–H groups in total. The summed E-state index contributed by atoms with van der Waals surface area (Å²) >= 11 is 1.73. The second-order valence-electron chi connectivity index (χ2n) is 9.80. The number of hydrogen-bond donors (Lipinski definition) is 1. The summed E-state index contributed by atoms with van der Waals surface area (Å²) in [5, 5.41) is 7.86. The molecule has 2 fully saturated rings. The van der Waals surface area contributed by atoms with Crippen LogP contribution in [0.5, 0.6) is 0 Å². The van der Waals surface area contributed by atoms with E-state index < -0.39 is 10.0 Å². The maximum absolute atomic E-state index is 12.5. The van der Waals surface area contributed by atoms with E-state index in [4.69, 9.17) is 14.7 Å². The predicted octanol–water partition coefficient (Wildman–Crippen LogP) is 2.93. The maximum atomic E-state index is 12.5. The summed E-state index contributed by atoms with van der Waals surface area (Å²) in [6, 6.07) is 8.21. The molecule has 4 aromatic rings. The summed E-state index contributed by atoms with van der Waals surface area (Å²) in [7, 11) is -3.21. The predicted molar refractivity (Wildman–Crippen MR) is 146 cm³/mol. The van der Waals surface area contributed by atoms with Crippen LogP contribution in [0.1, 0.15) is 18.7 Å². The Labute approximate surface area is 220 Å². The van der Waals surface area contributed by atoms with Gasteiger partial charge in [0.05, 0.1) is 40.4 Å². The molecule has 0 amide bonds. The fourth-order valence-corrected chi connectivity index (χ4v) is 7.40. The minimum atomic E-state index is -3.21. The molecule has 2 aliphatic rings. The van der Waals surface area contributed by atoms with Crippen molar-refractivity contribution < 1.29 is 13.2 Å². The van der Waals surface area contributed by atoms with E-state index in [0.717, 1.165) is 65.2 Å². The summed E-state index contributed by atoms with van der Waals surface area (Å²) in [5.74, 6) is 1.64. The first-order valence-electron chi connectivity index (χ1n) is 12.7. The van der Waals surface area contributed by atoms with Crippen LogP contribution in [0, 0.1) is 0 Å². The van der Waals surface area contributed by atoms with Gasteiger partial charge < -0.3 is 9.64 Å². The highest BCUT2D eigenvalue weighted by molar-refractivity contribution is 7.89. The molecule has 0 unspecified atom stereocenters. The number of aromatic nitrogens is 4. The molecule has 0 aliphatic carbocycles. The first kappa shape index (κ1) is 24.7. The van der Waals surface area contributed by atoms with Crippen LogP contribution in [0.25, 0.3) is 32.5 Å². The van der Waals surface area contributed by atoms with Gasteiger partial charge in [-0.05, 0) is 26.0 Å². The van der Waals surface area contributed by atoms with Crippen molar-refractivity contribution >= 4 is 48.3 Å². The van der Waals surface area contributed by atoms with E-state index >= 15 is 0 Å². The molecule has 0 spiro atoms. The number of ether oxygens (including phenoxy) is 1. The highest BCUT2D eigenvalue weighted by Crippen LogP contribution is 2.36. The molecular formula is C25H31N7O3S2. The number of nitrogens with one attached hydrogen (secondary N) is 1. The average molecular weight is 542 g/mol. The van der Waals surface area contributed by atoms with Gasteiger partial charge in [-0.15, -0.1) is 11.3 Å². The Hall–Kier alpha value is -2.64. The lowest BCUT2D eigenvalue weighted by Crippen LogP contribution is -2.49. The molecular weight excluding hydrogens is 510 g/mol. The standard InChI is InChI=1S/C25H31N7O3S2/c1-17(2)37(33,34)32-8-6-30(7-9-32)16-18-14-22-23(36-18)25(31-10-12-35-13-11-31)28-24(27-22)19-4-3-5-21-20(19)15-26-29-21/h3-5,14-15,17H,6-13,16H2,1-2H3,(H,26,29). The second kappa shape index (κ2) is 9.91. The Morgan fingerprint density at radius 3 is 2.62 bits per heavy atom. The topological polar surface area (TPSA) is 108 Å². The third-order valence-electron chi connectivity index (χ3n) is 7.11. The highest BCUT2D eigenvalue weighted by atomic mass is 32.2. The number of nitrogens with zero attached hydrogens (tertiary/aromatic N) is 6. The Balaban J connectivity index is 1.31. The highest BCUT2D eigenvalue weighted by Gasteiger charge is 2.29. The van der Waals surface area contributed by atoms with Crippen LogP contribution in [0.4, 0.5) is 5.82 Å². The fraction of sp³-hybridized carbons (Fsp3) is 0.480. The van der Waals surface area contributed by atoms with Gasteiger partial charge >= 0.3 is 0 Å². The van der Waals surface area contributed by atoms with E-state index in [-0.39, 0.29) is 5.25 Å². The van der Waals surface area contributed by atoms with Gasteiger partial charge in [0.1, 0.15) is 0 Å². The minimum absolute atomic E-state index is 0.388. The molecule has 3 aromatic heterocycles. The Morgan fingerprint density at radius 1 is 1.08 bits per heavy atom. The van der Waals surface area contributed by atoms with Crippen molar-refractivity contribution in [2.24, 2.45) is 0 Å². The minimum Gasteiger partial charge on any atom is -0.378 e. The first-order valence-corrected chi connectivity index (χ1v) is 15.0. The van der Waals surface area contributed by atoms with Crippen molar-refractivity contribution in [3.8, 4) is 11.4 Å². The van der Waals surface area contributed by atoms with Gasteiger partial charge in [0.2, 0.25) is 10.0 Å². The number of H-pyrrole nitrogens is 1. The zero-order valence-electron chi connectivity index (χ0n) is 21.1. The lowest BCUT2D eigenvalue weighted by Gasteiger charge is -2.34. The first-order chi connectivity index (χ1) is 17.9. The SMILES string of the molecule is CC(C)S(=O)(=O)N1CCN(Cc2cc3nc(-c4cccc5[nH]ncc45)nc(N4CCOCC4)c3s2)CC1. The molecule has 2 saturated heterocycles. The maximum Gasteiger partial charge on any atom is 0.216 e. The Morgan fingerprint density at radius 2 is 1.86 bits per heavy atom. The summed E-state index contributed by atoms with van der Waals surface area (Å²) in [4.78, 5) is 15.9. The van der Waals surface area contributed by atoms with Crippen LogP contribution in [-0.2, 0) is 21.3 Å². The van der Waals surface area contributed by atoms with E-state index in [9.17, 15) is 8.42 Å². The lowest BCUT2D eigenvalue weighted by atomic mass is 10.1. The summed E-state index contributed by atoms with van der Waals surface area (Å²) in [6.45, 7) is 9.70. The number of sulfonamides is 1. The zero-order valence-corrected chi connectivity index (χ0v) is 22.7. The van der Waals surface area contributed by atoms with Gasteiger partial charge in [-0.1, -0.05) is 12.1 Å². The van der Waals surface area contributed by atoms with Gasteiger partial charge in [-0.2, -0.15) is 9.40 Å². The normalized spacial score (nSPS) is 18.4. The van der Waals surface area contributed by atoms with Crippen LogP contribution in [0.15, 0.2) is 30.5 Å². The van der Waals surface area contributed by atoms with E-state index in [0.29, 0.717) is 32.1 Å². The number of benzene rings is 1. The fourth-order valence-electron chi connectivity index (χ4n) is 4.98. The average Bonchev–Trinajstić information content (AvgIpc) is 3.55. The van der Waals surface area contributed by atoms with E-state index in [1.165, 1.54) is 4.88 Å². The molecule has 12 heteroatoms. The van der Waals surface area contributed by atoms with Crippen molar-refractivity contribution in [1.82, 2.24) is 29.4 Å². The molecule has 37 heavy (non-hydrogen) atoms. The van der Waals surface area contributed by atoms with Gasteiger partial charge in [0.15, 0.2) is 11.6 Å². The van der Waals surface area contributed by atoms with Crippen LogP contribution in [0.3, 0.4) is 0 Å². The number of hydrogen-bond acceptors (Lipinski definition) is 9. The smallest absolute Gasteiger partial charge is 0.216 e. The number of aromatic amines is 1. The van der Waals surface area contributed by atoms with Gasteiger partial charge in [-0.25, -0.2) is 18.4 Å². The molecule has 2 aliphatic heterocycles. The number of morpholine rings is 1. The molecule has 0 bridgehead atoms. The van der Waals surface area contributed by atoms with E-state index in [2.05, 4.69) is 26.1 Å². The second-order valence-corrected chi connectivity index (χ2v) is 13.4. The quantitative estimate of drug-likeness (QED) is 0.397. The molecule has 0 saturated carbocycles. The van der Waals surface area contributed by atoms with Crippen LogP contribution in [0.2, 0.25) is 0 Å². The number of piperazine rings is 1. The van der Waals surface area contributed by atoms with E-state index in [1.807, 2.05) is 24.4 Å². The Bertz CT molecular complexity index is 1520. The number of rotatable bonds is 6. The van der Waals surface area contributed by atoms with Crippen molar-refractivity contribution in [3.63, 3.8) is 0 Å². The van der Waals surface area contributed by atoms with Crippen molar-refractivity contribution in [2.45, 2.75) is 25.6 Å². The van der Waals surface area contributed by atoms with Crippen molar-refractivity contribution in [1.29, 1.82) is 0 Å². The van der Waals surface area contributed by atoms with Gasteiger partial charge in [0.25, 0.3) is 0 Å². The number of anilines is 1. The van der Waals surface area contributed by atoms with Crippen molar-refractivity contribution in [3.05, 3.63) is 35.3 Å². The molecule has 6 rings (SSSR count). The number of fused-ring (bicyclic) bond motifs is 2. The monoisotopic (exact) mass is 541 g/mol. The summed E-state index contributed by atoms with van der Waals surface area (Å²) in [5.41, 5.74) is 2.85. The summed E-state index contributed by atoms with van der Waals surface area (Å²) < 4.78 is 33.4. The van der Waals surface area contributed by atoms with Crippen molar-refractivity contribution in [2.75, 3.05) is 57.4 Å². The molecule has 10 nitrogen and oxygen atoms in total. The van der Waals surface area contributed by atoms with Gasteiger partial charge in [-0.3, -0.25) is 10.00 Å². The molecule has 0 atom stereocenters. The van der Waals surface area contributed by atoms with E-state index in [1.54, 1.807) is 29.5 Å². The van der Waals surface area contributed by atoms with Crippen LogP contribution < -0.4 is 4.90 Å². The van der Waals surface area contributed by atoms with Gasteiger partial charge in [0, 0.05) is 61.6 Å².